The second kappa shape index (κ2) is 7.76. The van der Waals surface area contributed by atoms with E-state index in [2.05, 4.69) is 5.32 Å². The highest BCUT2D eigenvalue weighted by molar-refractivity contribution is 7.89. The summed E-state index contributed by atoms with van der Waals surface area (Å²) in [5.74, 6) is 0.193. The number of sulfonamides is 1. The minimum atomic E-state index is -3.61. The number of rotatable bonds is 5. The van der Waals surface area contributed by atoms with E-state index in [1.165, 1.54) is 4.31 Å². The quantitative estimate of drug-likeness (QED) is 0.801. The van der Waals surface area contributed by atoms with Gasteiger partial charge < -0.3 is 10.2 Å². The zero-order valence-electron chi connectivity index (χ0n) is 16.4. The molecule has 8 heteroatoms. The van der Waals surface area contributed by atoms with Gasteiger partial charge in [-0.15, -0.1) is 0 Å². The highest BCUT2D eigenvalue weighted by Gasteiger charge is 2.39. The van der Waals surface area contributed by atoms with Crippen LogP contribution in [0.4, 0.5) is 0 Å². The van der Waals surface area contributed by atoms with Crippen molar-refractivity contribution >= 4 is 32.6 Å². The summed E-state index contributed by atoms with van der Waals surface area (Å²) in [6.07, 6.45) is 0.880. The number of carbonyl (C=O) groups excluding carboxylic acids is 2. The second-order valence-electron chi connectivity index (χ2n) is 7.83. The fourth-order valence-corrected chi connectivity index (χ4v) is 5.21. The molecule has 2 aliphatic rings. The van der Waals surface area contributed by atoms with Crippen molar-refractivity contribution in [3.63, 3.8) is 0 Å². The lowest BCUT2D eigenvalue weighted by Crippen LogP contribution is -2.52. The van der Waals surface area contributed by atoms with E-state index in [0.29, 0.717) is 19.0 Å². The van der Waals surface area contributed by atoms with Gasteiger partial charge in [-0.1, -0.05) is 37.3 Å². The second-order valence-corrected chi connectivity index (χ2v) is 9.77. The smallest absolute Gasteiger partial charge is 0.243 e. The number of amides is 2. The monoisotopic (exact) mass is 415 g/mol. The van der Waals surface area contributed by atoms with Crippen molar-refractivity contribution in [1.29, 1.82) is 0 Å². The molecular weight excluding hydrogens is 390 g/mol. The Hall–Kier alpha value is -2.45. The number of nitrogens with zero attached hydrogens (tertiary/aromatic N) is 2. The van der Waals surface area contributed by atoms with Crippen LogP contribution < -0.4 is 5.32 Å². The molecule has 1 saturated carbocycles. The van der Waals surface area contributed by atoms with Gasteiger partial charge in [0.1, 0.15) is 0 Å². The zero-order chi connectivity index (χ0) is 20.6. The van der Waals surface area contributed by atoms with Crippen molar-refractivity contribution in [2.75, 3.05) is 32.7 Å². The summed E-state index contributed by atoms with van der Waals surface area (Å²) in [5, 5.41) is 4.56. The first-order valence-corrected chi connectivity index (χ1v) is 11.3. The molecule has 2 amide bonds. The van der Waals surface area contributed by atoms with E-state index in [9.17, 15) is 18.0 Å². The Bertz CT molecular complexity index is 1040. The number of hydrogen-bond donors (Lipinski definition) is 1. The Morgan fingerprint density at radius 3 is 2.34 bits per heavy atom. The Labute approximate surface area is 170 Å². The number of carbonyl (C=O) groups is 2. The number of benzene rings is 2. The van der Waals surface area contributed by atoms with Crippen LogP contribution in [0.5, 0.6) is 0 Å². The Morgan fingerprint density at radius 2 is 1.69 bits per heavy atom. The normalized spacial score (nSPS) is 22.4. The van der Waals surface area contributed by atoms with Gasteiger partial charge >= 0.3 is 0 Å². The van der Waals surface area contributed by atoms with Crippen LogP contribution in [0.3, 0.4) is 0 Å². The highest BCUT2D eigenvalue weighted by Crippen LogP contribution is 2.37. The third kappa shape index (κ3) is 4.13. The summed E-state index contributed by atoms with van der Waals surface area (Å²) in [5.41, 5.74) is 0. The van der Waals surface area contributed by atoms with Crippen molar-refractivity contribution in [3.05, 3.63) is 42.5 Å². The molecule has 29 heavy (non-hydrogen) atoms. The minimum absolute atomic E-state index is 0.0283. The summed E-state index contributed by atoms with van der Waals surface area (Å²) >= 11 is 0. The van der Waals surface area contributed by atoms with Gasteiger partial charge in [-0.3, -0.25) is 9.59 Å². The van der Waals surface area contributed by atoms with Gasteiger partial charge in [0.15, 0.2) is 0 Å². The summed E-state index contributed by atoms with van der Waals surface area (Å²) in [6, 6.07) is 12.8. The lowest BCUT2D eigenvalue weighted by molar-refractivity contribution is -0.134. The number of fused-ring (bicyclic) bond motifs is 1. The van der Waals surface area contributed by atoms with Crippen LogP contribution in [0.15, 0.2) is 47.4 Å². The summed E-state index contributed by atoms with van der Waals surface area (Å²) < 4.78 is 27.4. The maximum Gasteiger partial charge on any atom is 0.243 e. The maximum atomic E-state index is 13.0. The van der Waals surface area contributed by atoms with Crippen LogP contribution >= 0.6 is 0 Å². The third-order valence-electron chi connectivity index (χ3n) is 5.81. The van der Waals surface area contributed by atoms with Gasteiger partial charge in [0.05, 0.1) is 11.4 Å². The first-order chi connectivity index (χ1) is 13.9. The van der Waals surface area contributed by atoms with Crippen molar-refractivity contribution < 1.29 is 18.0 Å². The van der Waals surface area contributed by atoms with E-state index >= 15 is 0 Å². The molecule has 0 bridgehead atoms. The fourth-order valence-electron chi connectivity index (χ4n) is 3.75. The maximum absolute atomic E-state index is 13.0. The van der Waals surface area contributed by atoms with Crippen molar-refractivity contribution in [2.24, 2.45) is 11.8 Å². The molecule has 1 heterocycles. The molecule has 4 rings (SSSR count). The molecule has 1 saturated heterocycles. The Kier molecular flexibility index (Phi) is 5.31. The fraction of sp³-hybridized carbons (Fsp3) is 0.429. The van der Waals surface area contributed by atoms with Gasteiger partial charge in [0.2, 0.25) is 21.8 Å². The molecule has 0 unspecified atom stereocenters. The van der Waals surface area contributed by atoms with E-state index in [4.69, 9.17) is 0 Å². The molecule has 1 aliphatic carbocycles. The van der Waals surface area contributed by atoms with E-state index in [1.54, 1.807) is 17.0 Å². The van der Waals surface area contributed by atoms with Gasteiger partial charge in [-0.05, 0) is 35.2 Å². The van der Waals surface area contributed by atoms with E-state index in [0.717, 1.165) is 17.2 Å². The summed E-state index contributed by atoms with van der Waals surface area (Å²) in [4.78, 5) is 26.1. The van der Waals surface area contributed by atoms with E-state index in [1.807, 2.05) is 37.3 Å². The van der Waals surface area contributed by atoms with Gasteiger partial charge in [0, 0.05) is 32.1 Å². The molecule has 0 aromatic heterocycles. The average molecular weight is 416 g/mol. The number of piperazine rings is 1. The molecule has 2 aromatic rings. The molecule has 7 nitrogen and oxygen atoms in total. The lowest BCUT2D eigenvalue weighted by Gasteiger charge is -2.34. The molecular formula is C21H25N3O4S. The zero-order valence-corrected chi connectivity index (χ0v) is 17.2. The van der Waals surface area contributed by atoms with Gasteiger partial charge in [-0.25, -0.2) is 8.42 Å². The first kappa shape index (κ1) is 19.8. The molecule has 2 fully saturated rings. The van der Waals surface area contributed by atoms with Crippen molar-refractivity contribution in [2.45, 2.75) is 18.2 Å². The third-order valence-corrected chi connectivity index (χ3v) is 7.70. The van der Waals surface area contributed by atoms with Crippen LogP contribution in [0.25, 0.3) is 10.8 Å². The molecule has 1 aliphatic heterocycles. The SMILES string of the molecule is C[C@H]1C[C@H]1C(=O)NCC(=O)N1CCN(S(=O)(=O)c2ccc3ccccc3c2)CC1. The standard InChI is InChI=1S/C21H25N3O4S/c1-15-12-19(15)21(26)22-14-20(25)23-8-10-24(11-9-23)29(27,28)18-7-6-16-4-2-3-5-17(16)13-18/h2-7,13,15,19H,8-12,14H2,1H3,(H,22,26)/t15-,19+/m0/s1. The molecule has 1 N–H and O–H groups in total. The predicted molar refractivity (Wildman–Crippen MR) is 110 cm³/mol. The van der Waals surface area contributed by atoms with E-state index < -0.39 is 10.0 Å². The molecule has 0 spiro atoms. The van der Waals surface area contributed by atoms with Crippen LogP contribution in [0.2, 0.25) is 0 Å². The van der Waals surface area contributed by atoms with Crippen molar-refractivity contribution in [1.82, 2.24) is 14.5 Å². The first-order valence-electron chi connectivity index (χ1n) is 9.91. The highest BCUT2D eigenvalue weighted by atomic mass is 32.2. The molecule has 2 aromatic carbocycles. The summed E-state index contributed by atoms with van der Waals surface area (Å²) in [7, 11) is -3.61. The van der Waals surface area contributed by atoms with Crippen molar-refractivity contribution in [3.8, 4) is 0 Å². The summed E-state index contributed by atoms with van der Waals surface area (Å²) in [6.45, 7) is 3.12. The largest absolute Gasteiger partial charge is 0.347 e. The van der Waals surface area contributed by atoms with Gasteiger partial charge in [0.25, 0.3) is 0 Å². The number of hydrogen-bond acceptors (Lipinski definition) is 4. The van der Waals surface area contributed by atoms with Crippen LogP contribution in [-0.2, 0) is 19.6 Å². The topological polar surface area (TPSA) is 86.8 Å². The van der Waals surface area contributed by atoms with Crippen LogP contribution in [0, 0.1) is 11.8 Å². The van der Waals surface area contributed by atoms with E-state index in [-0.39, 0.29) is 42.3 Å². The number of nitrogens with one attached hydrogen (secondary N) is 1. The minimum Gasteiger partial charge on any atom is -0.347 e. The molecule has 0 radical (unpaired) electrons. The van der Waals surface area contributed by atoms with Gasteiger partial charge in [-0.2, -0.15) is 4.31 Å². The lowest BCUT2D eigenvalue weighted by atomic mass is 10.1. The molecule has 2 atom stereocenters. The average Bonchev–Trinajstić information content (AvgIpc) is 3.48. The Balaban J connectivity index is 1.35. The van der Waals surface area contributed by atoms with Crippen LogP contribution in [0.1, 0.15) is 13.3 Å². The Morgan fingerprint density at radius 1 is 1.03 bits per heavy atom. The predicted octanol–water partition coefficient (Wildman–Crippen LogP) is 1.44. The molecule has 154 valence electrons. The van der Waals surface area contributed by atoms with Crippen LogP contribution in [-0.4, -0.2) is 62.2 Å².